The first-order valence-corrected chi connectivity index (χ1v) is 6.58. The minimum Gasteiger partial charge on any atom is -0.380 e. The zero-order chi connectivity index (χ0) is 12.1. The number of hydrogen-bond acceptors (Lipinski definition) is 3. The first-order chi connectivity index (χ1) is 8.31. The quantitative estimate of drug-likeness (QED) is 0.731. The van der Waals surface area contributed by atoms with Gasteiger partial charge in [-0.2, -0.15) is 0 Å². The van der Waals surface area contributed by atoms with E-state index in [2.05, 4.69) is 27.7 Å². The van der Waals surface area contributed by atoms with Gasteiger partial charge in [0.2, 0.25) is 0 Å². The van der Waals surface area contributed by atoms with Crippen LogP contribution in [0.3, 0.4) is 0 Å². The Morgan fingerprint density at radius 3 is 3.18 bits per heavy atom. The summed E-state index contributed by atoms with van der Waals surface area (Å²) < 4.78 is 7.66. The Kier molecular flexibility index (Phi) is 4.57. The second kappa shape index (κ2) is 6.17. The summed E-state index contributed by atoms with van der Waals surface area (Å²) in [6.07, 6.45) is 6.52. The Bertz CT molecular complexity index is 337. The second-order valence-corrected chi connectivity index (χ2v) is 4.78. The van der Waals surface area contributed by atoms with E-state index in [0.717, 1.165) is 26.3 Å². The normalized spacial score (nSPS) is 21.9. The number of ether oxygens (including phenoxy) is 1. The van der Waals surface area contributed by atoms with Crippen molar-refractivity contribution in [1.82, 2.24) is 14.5 Å². The highest BCUT2D eigenvalue weighted by Gasteiger charge is 2.22. The summed E-state index contributed by atoms with van der Waals surface area (Å²) in [5.41, 5.74) is 0. The highest BCUT2D eigenvalue weighted by atomic mass is 16.5. The number of likely N-dealkylation sites (tertiary alicyclic amines) is 1. The second-order valence-electron chi connectivity index (χ2n) is 4.78. The molecule has 2 heterocycles. The lowest BCUT2D eigenvalue weighted by atomic mass is 9.97. The maximum Gasteiger partial charge on any atom is 0.113 e. The van der Waals surface area contributed by atoms with Gasteiger partial charge in [0, 0.05) is 38.0 Å². The summed E-state index contributed by atoms with van der Waals surface area (Å²) in [6.45, 7) is 6.87. The van der Waals surface area contributed by atoms with E-state index in [0.29, 0.717) is 5.92 Å². The van der Waals surface area contributed by atoms with Gasteiger partial charge in [-0.15, -0.1) is 0 Å². The Labute approximate surface area is 104 Å². The van der Waals surface area contributed by atoms with E-state index in [9.17, 15) is 0 Å². The van der Waals surface area contributed by atoms with Crippen LogP contribution in [0.25, 0.3) is 0 Å². The van der Waals surface area contributed by atoms with E-state index in [1.807, 2.05) is 13.1 Å². The largest absolute Gasteiger partial charge is 0.380 e. The molecule has 0 bridgehead atoms. The highest BCUT2D eigenvalue weighted by molar-refractivity contribution is 5.03. The molecule has 4 heteroatoms. The van der Waals surface area contributed by atoms with Gasteiger partial charge in [-0.05, 0) is 33.4 Å². The van der Waals surface area contributed by atoms with Gasteiger partial charge in [0.25, 0.3) is 0 Å². The number of hydrogen-bond donors (Lipinski definition) is 0. The molecule has 1 aliphatic heterocycles. The molecule has 1 aromatic rings. The minimum atomic E-state index is 0.588. The van der Waals surface area contributed by atoms with Gasteiger partial charge in [0.15, 0.2) is 0 Å². The molecule has 0 aromatic carbocycles. The zero-order valence-corrected chi connectivity index (χ0v) is 10.9. The maximum absolute atomic E-state index is 5.41. The average Bonchev–Trinajstić information content (AvgIpc) is 2.78. The van der Waals surface area contributed by atoms with Gasteiger partial charge in [-0.3, -0.25) is 0 Å². The molecule has 1 atom stereocenters. The van der Waals surface area contributed by atoms with Crippen LogP contribution >= 0.6 is 0 Å². The third-order valence-electron chi connectivity index (χ3n) is 3.42. The van der Waals surface area contributed by atoms with Crippen molar-refractivity contribution in [3.63, 3.8) is 0 Å². The fourth-order valence-electron chi connectivity index (χ4n) is 2.55. The standard InChI is InChI=1S/C13H23N3O/c1-3-17-10-9-16-8-6-14-13(16)12-5-4-7-15(2)11-12/h6,8,12H,3-5,7,9-11H2,1-2H3/t12-/m1/s1. The van der Waals surface area contributed by atoms with Crippen LogP contribution in [0.1, 0.15) is 31.5 Å². The number of aromatic nitrogens is 2. The van der Waals surface area contributed by atoms with E-state index < -0.39 is 0 Å². The third kappa shape index (κ3) is 3.30. The van der Waals surface area contributed by atoms with Gasteiger partial charge in [0.05, 0.1) is 6.61 Å². The molecule has 17 heavy (non-hydrogen) atoms. The smallest absolute Gasteiger partial charge is 0.113 e. The summed E-state index contributed by atoms with van der Waals surface area (Å²) in [4.78, 5) is 6.93. The lowest BCUT2D eigenvalue weighted by molar-refractivity contribution is 0.137. The topological polar surface area (TPSA) is 30.3 Å². The van der Waals surface area contributed by atoms with E-state index >= 15 is 0 Å². The Morgan fingerprint density at radius 2 is 2.41 bits per heavy atom. The summed E-state index contributed by atoms with van der Waals surface area (Å²) in [6, 6.07) is 0. The molecule has 0 radical (unpaired) electrons. The number of imidazole rings is 1. The van der Waals surface area contributed by atoms with Crippen LogP contribution in [0, 0.1) is 0 Å². The summed E-state index contributed by atoms with van der Waals surface area (Å²) >= 11 is 0. The molecule has 0 unspecified atom stereocenters. The van der Waals surface area contributed by atoms with Crippen molar-refractivity contribution in [2.75, 3.05) is 33.4 Å². The first-order valence-electron chi connectivity index (χ1n) is 6.58. The van der Waals surface area contributed by atoms with Crippen LogP contribution in [-0.4, -0.2) is 47.8 Å². The van der Waals surface area contributed by atoms with Gasteiger partial charge in [-0.25, -0.2) is 4.98 Å². The number of rotatable bonds is 5. The van der Waals surface area contributed by atoms with Gasteiger partial charge in [-0.1, -0.05) is 0 Å². The molecule has 1 saturated heterocycles. The van der Waals surface area contributed by atoms with E-state index in [4.69, 9.17) is 4.74 Å². The maximum atomic E-state index is 5.41. The zero-order valence-electron chi connectivity index (χ0n) is 10.9. The Morgan fingerprint density at radius 1 is 1.53 bits per heavy atom. The molecule has 0 aliphatic carbocycles. The van der Waals surface area contributed by atoms with Crippen LogP contribution in [0.5, 0.6) is 0 Å². The highest BCUT2D eigenvalue weighted by Crippen LogP contribution is 2.24. The van der Waals surface area contributed by atoms with Crippen molar-refractivity contribution < 1.29 is 4.74 Å². The van der Waals surface area contributed by atoms with Crippen molar-refractivity contribution in [3.05, 3.63) is 18.2 Å². The monoisotopic (exact) mass is 237 g/mol. The summed E-state index contributed by atoms with van der Waals surface area (Å²) in [7, 11) is 2.19. The van der Waals surface area contributed by atoms with Crippen molar-refractivity contribution in [3.8, 4) is 0 Å². The summed E-state index contributed by atoms with van der Waals surface area (Å²) in [5, 5.41) is 0. The molecule has 0 N–H and O–H groups in total. The number of likely N-dealkylation sites (N-methyl/N-ethyl adjacent to an activating group) is 1. The van der Waals surface area contributed by atoms with Crippen molar-refractivity contribution >= 4 is 0 Å². The molecule has 0 saturated carbocycles. The first kappa shape index (κ1) is 12.6. The van der Waals surface area contributed by atoms with E-state index in [-0.39, 0.29) is 0 Å². The molecular weight excluding hydrogens is 214 g/mol. The molecule has 1 aromatic heterocycles. The van der Waals surface area contributed by atoms with Crippen LogP contribution in [0.2, 0.25) is 0 Å². The molecule has 1 fully saturated rings. The molecule has 1 aliphatic rings. The summed E-state index contributed by atoms with van der Waals surface area (Å²) in [5.74, 6) is 1.82. The lowest BCUT2D eigenvalue weighted by Gasteiger charge is -2.29. The van der Waals surface area contributed by atoms with Crippen molar-refractivity contribution in [2.24, 2.45) is 0 Å². The van der Waals surface area contributed by atoms with Gasteiger partial charge < -0.3 is 14.2 Å². The van der Waals surface area contributed by atoms with Crippen LogP contribution < -0.4 is 0 Å². The predicted molar refractivity (Wildman–Crippen MR) is 68.2 cm³/mol. The third-order valence-corrected chi connectivity index (χ3v) is 3.42. The molecule has 0 spiro atoms. The molecule has 2 rings (SSSR count). The fourth-order valence-corrected chi connectivity index (χ4v) is 2.55. The van der Waals surface area contributed by atoms with E-state index in [1.54, 1.807) is 0 Å². The molecule has 0 amide bonds. The lowest BCUT2D eigenvalue weighted by Crippen LogP contribution is -2.32. The average molecular weight is 237 g/mol. The number of nitrogens with zero attached hydrogens (tertiary/aromatic N) is 3. The van der Waals surface area contributed by atoms with E-state index in [1.165, 1.54) is 25.2 Å². The molecule has 4 nitrogen and oxygen atoms in total. The number of piperidine rings is 1. The molecule has 96 valence electrons. The predicted octanol–water partition coefficient (Wildman–Crippen LogP) is 1.73. The fraction of sp³-hybridized carbons (Fsp3) is 0.769. The van der Waals surface area contributed by atoms with Gasteiger partial charge >= 0.3 is 0 Å². The SMILES string of the molecule is CCOCCn1ccnc1[C@@H]1CCCN(C)C1. The van der Waals surface area contributed by atoms with Crippen molar-refractivity contribution in [2.45, 2.75) is 32.2 Å². The van der Waals surface area contributed by atoms with Crippen molar-refractivity contribution in [1.29, 1.82) is 0 Å². The van der Waals surface area contributed by atoms with Crippen LogP contribution in [-0.2, 0) is 11.3 Å². The minimum absolute atomic E-state index is 0.588. The Hall–Kier alpha value is -0.870. The molecular formula is C13H23N3O. The Balaban J connectivity index is 1.97. The van der Waals surface area contributed by atoms with Crippen LogP contribution in [0.4, 0.5) is 0 Å². The van der Waals surface area contributed by atoms with Crippen LogP contribution in [0.15, 0.2) is 12.4 Å². The van der Waals surface area contributed by atoms with Gasteiger partial charge in [0.1, 0.15) is 5.82 Å².